The molecule has 1 saturated heterocycles. The lowest BCUT2D eigenvalue weighted by molar-refractivity contribution is -0.134. The van der Waals surface area contributed by atoms with Crippen molar-refractivity contribution in [1.82, 2.24) is 4.90 Å². The summed E-state index contributed by atoms with van der Waals surface area (Å²) >= 11 is 0. The first kappa shape index (κ1) is 14.4. The van der Waals surface area contributed by atoms with Crippen LogP contribution in [-0.2, 0) is 9.53 Å². The number of carbonyl (C=O) groups is 1. The summed E-state index contributed by atoms with van der Waals surface area (Å²) in [4.78, 5) is 13.8. The summed E-state index contributed by atoms with van der Waals surface area (Å²) in [5.41, 5.74) is 5.86. The van der Waals surface area contributed by atoms with Crippen molar-refractivity contribution in [2.24, 2.45) is 11.7 Å². The second-order valence-corrected chi connectivity index (χ2v) is 4.69. The minimum atomic E-state index is -0.407. The van der Waals surface area contributed by atoms with Gasteiger partial charge in [-0.3, -0.25) is 4.79 Å². The Labute approximate surface area is 103 Å². The number of methoxy groups -OCH3 is 1. The molecule has 0 bridgehead atoms. The largest absolute Gasteiger partial charge is 0.396 e. The number of hydrogen-bond acceptors (Lipinski definition) is 4. The van der Waals surface area contributed by atoms with Crippen molar-refractivity contribution in [2.45, 2.75) is 31.7 Å². The molecule has 5 heteroatoms. The fraction of sp³-hybridized carbons (Fsp3) is 0.917. The van der Waals surface area contributed by atoms with Gasteiger partial charge in [-0.1, -0.05) is 0 Å². The molecule has 0 spiro atoms. The normalized spacial score (nSPS) is 19.4. The predicted molar refractivity (Wildman–Crippen MR) is 65.5 cm³/mol. The number of nitrogens with zero attached hydrogens (tertiary/aromatic N) is 1. The summed E-state index contributed by atoms with van der Waals surface area (Å²) in [5.74, 6) is 0.390. The van der Waals surface area contributed by atoms with Crippen molar-refractivity contribution in [3.05, 3.63) is 0 Å². The second kappa shape index (κ2) is 7.63. The van der Waals surface area contributed by atoms with Gasteiger partial charge in [-0.05, 0) is 31.6 Å². The van der Waals surface area contributed by atoms with Gasteiger partial charge in [-0.2, -0.15) is 0 Å². The molecule has 0 radical (unpaired) electrons. The number of nitrogens with two attached hydrogens (primary N) is 1. The Balaban J connectivity index is 2.27. The predicted octanol–water partition coefficient (Wildman–Crippen LogP) is -0.0288. The third-order valence-corrected chi connectivity index (χ3v) is 3.37. The molecule has 1 rings (SSSR count). The highest BCUT2D eigenvalue weighted by molar-refractivity contribution is 5.81. The van der Waals surface area contributed by atoms with Crippen molar-refractivity contribution in [3.63, 3.8) is 0 Å². The van der Waals surface area contributed by atoms with Gasteiger partial charge in [-0.25, -0.2) is 0 Å². The van der Waals surface area contributed by atoms with Gasteiger partial charge in [0.2, 0.25) is 5.91 Å². The lowest BCUT2D eigenvalue weighted by Crippen LogP contribution is -2.47. The molecular formula is C12H24N2O3. The molecule has 17 heavy (non-hydrogen) atoms. The van der Waals surface area contributed by atoms with E-state index in [9.17, 15) is 4.79 Å². The standard InChI is InChI=1S/C12H24N2O3/c1-17-8-2-3-11(13)12(16)14-6-4-10(9-15)5-7-14/h10-11,15H,2-9,13H2,1H3. The van der Waals surface area contributed by atoms with Crippen LogP contribution in [0.4, 0.5) is 0 Å². The molecule has 1 aliphatic rings. The molecule has 0 saturated carbocycles. The number of hydrogen-bond donors (Lipinski definition) is 2. The molecule has 0 aliphatic carbocycles. The summed E-state index contributed by atoms with van der Waals surface area (Å²) in [6.07, 6.45) is 3.25. The number of rotatable bonds is 6. The van der Waals surface area contributed by atoms with E-state index in [1.165, 1.54) is 0 Å². The summed E-state index contributed by atoms with van der Waals surface area (Å²) in [6, 6.07) is -0.407. The molecule has 0 aromatic carbocycles. The van der Waals surface area contributed by atoms with E-state index in [2.05, 4.69) is 0 Å². The second-order valence-electron chi connectivity index (χ2n) is 4.69. The SMILES string of the molecule is COCCCC(N)C(=O)N1CCC(CO)CC1. The Kier molecular flexibility index (Phi) is 6.47. The Bertz CT molecular complexity index is 228. The zero-order valence-corrected chi connectivity index (χ0v) is 10.6. The highest BCUT2D eigenvalue weighted by Crippen LogP contribution is 2.17. The minimum absolute atomic E-state index is 0.0393. The topological polar surface area (TPSA) is 75.8 Å². The zero-order valence-electron chi connectivity index (χ0n) is 10.6. The number of aliphatic hydroxyl groups is 1. The van der Waals surface area contributed by atoms with Gasteiger partial charge in [0.15, 0.2) is 0 Å². The van der Waals surface area contributed by atoms with Crippen molar-refractivity contribution < 1.29 is 14.6 Å². The maximum atomic E-state index is 12.0. The first-order valence-corrected chi connectivity index (χ1v) is 6.33. The quantitative estimate of drug-likeness (QED) is 0.643. The summed E-state index contributed by atoms with van der Waals surface area (Å²) in [5, 5.41) is 9.03. The number of ether oxygens (including phenoxy) is 1. The van der Waals surface area contributed by atoms with E-state index in [4.69, 9.17) is 15.6 Å². The summed E-state index contributed by atoms with van der Waals surface area (Å²) < 4.78 is 4.94. The van der Waals surface area contributed by atoms with Crippen molar-refractivity contribution in [3.8, 4) is 0 Å². The van der Waals surface area contributed by atoms with E-state index in [0.29, 0.717) is 18.9 Å². The average Bonchev–Trinajstić information content (AvgIpc) is 2.38. The molecule has 0 aromatic heterocycles. The van der Waals surface area contributed by atoms with Crippen LogP contribution in [-0.4, -0.2) is 55.4 Å². The number of carbonyl (C=O) groups excluding carboxylic acids is 1. The highest BCUT2D eigenvalue weighted by atomic mass is 16.5. The molecule has 1 aliphatic heterocycles. The van der Waals surface area contributed by atoms with Crippen LogP contribution in [0.3, 0.4) is 0 Å². The molecule has 3 N–H and O–H groups in total. The fourth-order valence-corrected chi connectivity index (χ4v) is 2.14. The monoisotopic (exact) mass is 244 g/mol. The Hall–Kier alpha value is -0.650. The lowest BCUT2D eigenvalue weighted by atomic mass is 9.97. The van der Waals surface area contributed by atoms with Crippen molar-refractivity contribution >= 4 is 5.91 Å². The van der Waals surface area contributed by atoms with Crippen LogP contribution < -0.4 is 5.73 Å². The number of likely N-dealkylation sites (tertiary alicyclic amines) is 1. The van der Waals surface area contributed by atoms with E-state index in [0.717, 1.165) is 32.4 Å². The third kappa shape index (κ3) is 4.61. The molecule has 1 unspecified atom stereocenters. The number of amides is 1. The first-order chi connectivity index (χ1) is 8.19. The number of piperidine rings is 1. The third-order valence-electron chi connectivity index (χ3n) is 3.37. The number of aliphatic hydroxyl groups excluding tert-OH is 1. The molecular weight excluding hydrogens is 220 g/mol. The minimum Gasteiger partial charge on any atom is -0.396 e. The molecule has 0 aromatic rings. The van der Waals surface area contributed by atoms with Crippen molar-refractivity contribution in [2.75, 3.05) is 33.4 Å². The zero-order chi connectivity index (χ0) is 12.7. The maximum Gasteiger partial charge on any atom is 0.239 e. The van der Waals surface area contributed by atoms with Gasteiger partial charge >= 0.3 is 0 Å². The lowest BCUT2D eigenvalue weighted by Gasteiger charge is -2.32. The van der Waals surface area contributed by atoms with Gasteiger partial charge in [0, 0.05) is 33.4 Å². The van der Waals surface area contributed by atoms with Crippen LogP contribution in [0.5, 0.6) is 0 Å². The van der Waals surface area contributed by atoms with E-state index in [1.807, 2.05) is 4.90 Å². The van der Waals surface area contributed by atoms with Crippen LogP contribution >= 0.6 is 0 Å². The fourth-order valence-electron chi connectivity index (χ4n) is 2.14. The van der Waals surface area contributed by atoms with Crippen LogP contribution in [0.1, 0.15) is 25.7 Å². The van der Waals surface area contributed by atoms with Gasteiger partial charge in [0.05, 0.1) is 6.04 Å². The molecule has 1 atom stereocenters. The molecule has 100 valence electrons. The smallest absolute Gasteiger partial charge is 0.239 e. The van der Waals surface area contributed by atoms with Gasteiger partial charge in [0.25, 0.3) is 0 Å². The Morgan fingerprint density at radius 1 is 1.53 bits per heavy atom. The van der Waals surface area contributed by atoms with E-state index in [-0.39, 0.29) is 12.5 Å². The van der Waals surface area contributed by atoms with Crippen LogP contribution in [0.2, 0.25) is 0 Å². The van der Waals surface area contributed by atoms with E-state index < -0.39 is 6.04 Å². The molecule has 1 fully saturated rings. The average molecular weight is 244 g/mol. The van der Waals surface area contributed by atoms with Crippen molar-refractivity contribution in [1.29, 1.82) is 0 Å². The van der Waals surface area contributed by atoms with E-state index in [1.54, 1.807) is 7.11 Å². The van der Waals surface area contributed by atoms with Crippen LogP contribution in [0, 0.1) is 5.92 Å². The van der Waals surface area contributed by atoms with Gasteiger partial charge < -0.3 is 20.5 Å². The van der Waals surface area contributed by atoms with Crippen LogP contribution in [0.15, 0.2) is 0 Å². The summed E-state index contributed by atoms with van der Waals surface area (Å²) in [6.45, 7) is 2.32. The van der Waals surface area contributed by atoms with E-state index >= 15 is 0 Å². The Morgan fingerprint density at radius 3 is 2.71 bits per heavy atom. The van der Waals surface area contributed by atoms with Gasteiger partial charge in [-0.15, -0.1) is 0 Å². The highest BCUT2D eigenvalue weighted by Gasteiger charge is 2.25. The molecule has 1 heterocycles. The maximum absolute atomic E-state index is 12.0. The summed E-state index contributed by atoms with van der Waals surface area (Å²) in [7, 11) is 1.65. The van der Waals surface area contributed by atoms with Gasteiger partial charge in [0.1, 0.15) is 0 Å². The molecule has 5 nitrogen and oxygen atoms in total. The Morgan fingerprint density at radius 2 is 2.18 bits per heavy atom. The molecule has 1 amide bonds. The van der Waals surface area contributed by atoms with Crippen LogP contribution in [0.25, 0.3) is 0 Å². The first-order valence-electron chi connectivity index (χ1n) is 6.33.